The van der Waals surface area contributed by atoms with Gasteiger partial charge in [-0.25, -0.2) is 0 Å². The molecule has 2 aliphatic heterocycles. The molecule has 2 heterocycles. The molecule has 0 spiro atoms. The summed E-state index contributed by atoms with van der Waals surface area (Å²) >= 11 is 6.18. The van der Waals surface area contributed by atoms with Crippen molar-refractivity contribution < 1.29 is 14.3 Å². The van der Waals surface area contributed by atoms with Gasteiger partial charge in [-0.05, 0) is 43.6 Å². The average Bonchev–Trinajstić information content (AvgIpc) is 2.48. The molecule has 2 N–H and O–H groups in total. The van der Waals surface area contributed by atoms with Crippen LogP contribution in [-0.4, -0.2) is 38.3 Å². The maximum atomic E-state index is 12.1. The second-order valence-corrected chi connectivity index (χ2v) is 5.78. The third-order valence-electron chi connectivity index (χ3n) is 3.73. The van der Waals surface area contributed by atoms with E-state index in [0.29, 0.717) is 36.2 Å². The highest BCUT2D eigenvalue weighted by atomic mass is 35.5. The predicted molar refractivity (Wildman–Crippen MR) is 87.4 cm³/mol. The van der Waals surface area contributed by atoms with Crippen LogP contribution in [0.5, 0.6) is 11.5 Å². The summed E-state index contributed by atoms with van der Waals surface area (Å²) in [6.45, 7) is 2.93. The SMILES string of the molecule is Cl.O=C(Cc1cc(Cl)c2c(c1)OCCO2)NC1CCNCC1. The normalized spacial score (nSPS) is 17.5. The number of ether oxygens (including phenoxy) is 2. The van der Waals surface area contributed by atoms with Crippen molar-refractivity contribution in [3.8, 4) is 11.5 Å². The average molecular weight is 347 g/mol. The molecule has 0 atom stereocenters. The van der Waals surface area contributed by atoms with E-state index in [2.05, 4.69) is 10.6 Å². The fourth-order valence-corrected chi connectivity index (χ4v) is 2.98. The lowest BCUT2D eigenvalue weighted by Gasteiger charge is -2.24. The Kier molecular flexibility index (Phi) is 6.17. The summed E-state index contributed by atoms with van der Waals surface area (Å²) < 4.78 is 11.0. The number of piperidine rings is 1. The van der Waals surface area contributed by atoms with Crippen molar-refractivity contribution in [2.45, 2.75) is 25.3 Å². The van der Waals surface area contributed by atoms with Gasteiger partial charge in [-0.15, -0.1) is 12.4 Å². The highest BCUT2D eigenvalue weighted by Gasteiger charge is 2.19. The van der Waals surface area contributed by atoms with Crippen LogP contribution in [0.1, 0.15) is 18.4 Å². The Morgan fingerprint density at radius 1 is 1.27 bits per heavy atom. The van der Waals surface area contributed by atoms with Crippen molar-refractivity contribution in [3.63, 3.8) is 0 Å². The number of hydrogen-bond donors (Lipinski definition) is 2. The van der Waals surface area contributed by atoms with Crippen LogP contribution in [0.25, 0.3) is 0 Å². The Labute approximate surface area is 141 Å². The number of rotatable bonds is 3. The first-order valence-corrected chi connectivity index (χ1v) is 7.68. The first-order chi connectivity index (χ1) is 10.2. The van der Waals surface area contributed by atoms with Gasteiger partial charge in [-0.1, -0.05) is 11.6 Å². The Morgan fingerprint density at radius 2 is 2.00 bits per heavy atom. The highest BCUT2D eigenvalue weighted by Crippen LogP contribution is 2.38. The standard InChI is InChI=1S/C15H19ClN2O3.ClH/c16-12-7-10(8-13-15(12)21-6-5-20-13)9-14(19)18-11-1-3-17-4-2-11;/h7-8,11,17H,1-6,9H2,(H,18,19);1H. The Balaban J connectivity index is 0.00000176. The molecule has 0 aliphatic carbocycles. The largest absolute Gasteiger partial charge is 0.486 e. The minimum atomic E-state index is 0. The quantitative estimate of drug-likeness (QED) is 0.878. The van der Waals surface area contributed by atoms with Gasteiger partial charge in [0.2, 0.25) is 5.91 Å². The smallest absolute Gasteiger partial charge is 0.224 e. The van der Waals surface area contributed by atoms with Crippen LogP contribution in [-0.2, 0) is 11.2 Å². The summed E-state index contributed by atoms with van der Waals surface area (Å²) in [6, 6.07) is 3.88. The number of carbonyl (C=O) groups excluding carboxylic acids is 1. The minimum absolute atomic E-state index is 0. The lowest BCUT2D eigenvalue weighted by molar-refractivity contribution is -0.121. The Hall–Kier alpha value is -1.17. The molecule has 1 amide bonds. The zero-order valence-electron chi connectivity index (χ0n) is 12.2. The summed E-state index contributed by atoms with van der Waals surface area (Å²) in [5.41, 5.74) is 0.843. The zero-order chi connectivity index (χ0) is 14.7. The van der Waals surface area contributed by atoms with Gasteiger partial charge in [0.25, 0.3) is 0 Å². The van der Waals surface area contributed by atoms with Gasteiger partial charge < -0.3 is 20.1 Å². The van der Waals surface area contributed by atoms with Crippen molar-refractivity contribution in [2.75, 3.05) is 26.3 Å². The van der Waals surface area contributed by atoms with Gasteiger partial charge in [0.05, 0.1) is 11.4 Å². The van der Waals surface area contributed by atoms with Crippen LogP contribution in [0.3, 0.4) is 0 Å². The number of amides is 1. The third-order valence-corrected chi connectivity index (χ3v) is 4.01. The fourth-order valence-electron chi connectivity index (χ4n) is 2.70. The summed E-state index contributed by atoms with van der Waals surface area (Å²) in [5, 5.41) is 6.85. The Morgan fingerprint density at radius 3 is 2.77 bits per heavy atom. The molecule has 5 nitrogen and oxygen atoms in total. The van der Waals surface area contributed by atoms with E-state index in [0.717, 1.165) is 31.5 Å². The highest BCUT2D eigenvalue weighted by molar-refractivity contribution is 6.32. The van der Waals surface area contributed by atoms with E-state index in [9.17, 15) is 4.79 Å². The van der Waals surface area contributed by atoms with E-state index in [1.165, 1.54) is 0 Å². The molecule has 1 aromatic carbocycles. The topological polar surface area (TPSA) is 59.6 Å². The number of benzene rings is 1. The van der Waals surface area contributed by atoms with Crippen molar-refractivity contribution in [1.82, 2.24) is 10.6 Å². The van der Waals surface area contributed by atoms with Gasteiger partial charge in [-0.3, -0.25) is 4.79 Å². The fraction of sp³-hybridized carbons (Fsp3) is 0.533. The third kappa shape index (κ3) is 4.18. The van der Waals surface area contributed by atoms with Crippen LogP contribution in [0, 0.1) is 0 Å². The zero-order valence-corrected chi connectivity index (χ0v) is 13.8. The summed E-state index contributed by atoms with van der Waals surface area (Å²) in [5.74, 6) is 1.22. The van der Waals surface area contributed by atoms with E-state index < -0.39 is 0 Å². The predicted octanol–water partition coefficient (Wildman–Crippen LogP) is 1.94. The van der Waals surface area contributed by atoms with Gasteiger partial charge >= 0.3 is 0 Å². The second-order valence-electron chi connectivity index (χ2n) is 5.37. The molecule has 2 aliphatic rings. The number of nitrogens with one attached hydrogen (secondary N) is 2. The molecule has 1 saturated heterocycles. The molecule has 0 bridgehead atoms. The molecular weight excluding hydrogens is 327 g/mol. The lowest BCUT2D eigenvalue weighted by atomic mass is 10.1. The number of hydrogen-bond acceptors (Lipinski definition) is 4. The van der Waals surface area contributed by atoms with Gasteiger partial charge in [0.15, 0.2) is 11.5 Å². The van der Waals surface area contributed by atoms with Crippen LogP contribution < -0.4 is 20.1 Å². The van der Waals surface area contributed by atoms with Crippen LogP contribution in [0.15, 0.2) is 12.1 Å². The molecule has 3 rings (SSSR count). The first kappa shape index (κ1) is 17.2. The van der Waals surface area contributed by atoms with Crippen molar-refractivity contribution in [3.05, 3.63) is 22.7 Å². The van der Waals surface area contributed by atoms with Crippen molar-refractivity contribution in [1.29, 1.82) is 0 Å². The molecule has 7 heteroatoms. The number of fused-ring (bicyclic) bond motifs is 1. The minimum Gasteiger partial charge on any atom is -0.486 e. The van der Waals surface area contributed by atoms with Crippen LogP contribution >= 0.6 is 24.0 Å². The van der Waals surface area contributed by atoms with Crippen molar-refractivity contribution in [2.24, 2.45) is 0 Å². The summed E-state index contributed by atoms with van der Waals surface area (Å²) in [7, 11) is 0. The van der Waals surface area contributed by atoms with E-state index in [4.69, 9.17) is 21.1 Å². The van der Waals surface area contributed by atoms with Gasteiger partial charge in [-0.2, -0.15) is 0 Å². The molecule has 1 aromatic rings. The van der Waals surface area contributed by atoms with E-state index in [1.807, 2.05) is 6.07 Å². The monoisotopic (exact) mass is 346 g/mol. The molecule has 0 unspecified atom stereocenters. The van der Waals surface area contributed by atoms with Crippen LogP contribution in [0.2, 0.25) is 5.02 Å². The number of carbonyl (C=O) groups is 1. The number of halogens is 2. The van der Waals surface area contributed by atoms with E-state index in [-0.39, 0.29) is 24.4 Å². The Bertz CT molecular complexity index is 534. The first-order valence-electron chi connectivity index (χ1n) is 7.30. The lowest BCUT2D eigenvalue weighted by Crippen LogP contribution is -2.43. The molecular formula is C15H20Cl2N2O3. The molecule has 1 fully saturated rings. The molecule has 0 saturated carbocycles. The van der Waals surface area contributed by atoms with E-state index in [1.54, 1.807) is 6.07 Å². The molecule has 122 valence electrons. The summed E-state index contributed by atoms with van der Waals surface area (Å²) in [4.78, 5) is 12.1. The van der Waals surface area contributed by atoms with Gasteiger partial charge in [0, 0.05) is 6.04 Å². The van der Waals surface area contributed by atoms with E-state index >= 15 is 0 Å². The maximum absolute atomic E-state index is 12.1. The molecule has 22 heavy (non-hydrogen) atoms. The van der Waals surface area contributed by atoms with Crippen LogP contribution in [0.4, 0.5) is 0 Å². The maximum Gasteiger partial charge on any atom is 0.224 e. The summed E-state index contributed by atoms with van der Waals surface area (Å²) in [6.07, 6.45) is 2.27. The van der Waals surface area contributed by atoms with Gasteiger partial charge in [0.1, 0.15) is 13.2 Å². The molecule has 0 aromatic heterocycles. The molecule has 0 radical (unpaired) electrons. The second kappa shape index (κ2) is 7.90. The van der Waals surface area contributed by atoms with Crippen molar-refractivity contribution >= 4 is 29.9 Å².